The van der Waals surface area contributed by atoms with E-state index in [1.807, 2.05) is 13.8 Å². The van der Waals surface area contributed by atoms with Crippen molar-refractivity contribution >= 4 is 21.4 Å². The highest BCUT2D eigenvalue weighted by Gasteiger charge is 2.20. The molecule has 3 N–H and O–H groups in total. The van der Waals surface area contributed by atoms with Gasteiger partial charge in [0.2, 0.25) is 5.91 Å². The van der Waals surface area contributed by atoms with E-state index in [1.54, 1.807) is 18.2 Å². The Balaban J connectivity index is 3.03. The topological polar surface area (TPSA) is 89.3 Å². The Labute approximate surface area is 107 Å². The maximum absolute atomic E-state index is 11.8. The van der Waals surface area contributed by atoms with Crippen molar-refractivity contribution in [3.8, 4) is 0 Å². The summed E-state index contributed by atoms with van der Waals surface area (Å²) in [6, 6.07) is 5.59. The van der Waals surface area contributed by atoms with Gasteiger partial charge in [0, 0.05) is 6.26 Å². The van der Waals surface area contributed by atoms with Crippen LogP contribution in [0.4, 0.5) is 5.69 Å². The van der Waals surface area contributed by atoms with E-state index < -0.39 is 15.9 Å². The van der Waals surface area contributed by atoms with Gasteiger partial charge in [0.05, 0.1) is 16.6 Å². The number of benzene rings is 1. The second kappa shape index (κ2) is 5.49. The van der Waals surface area contributed by atoms with Crippen LogP contribution in [-0.2, 0) is 14.6 Å². The fourth-order valence-electron chi connectivity index (χ4n) is 1.41. The number of amides is 1. The van der Waals surface area contributed by atoms with Crippen molar-refractivity contribution in [3.05, 3.63) is 24.3 Å². The zero-order valence-corrected chi connectivity index (χ0v) is 11.5. The van der Waals surface area contributed by atoms with E-state index in [4.69, 9.17) is 5.73 Å². The molecule has 1 aromatic rings. The predicted molar refractivity (Wildman–Crippen MR) is 71.0 cm³/mol. The lowest BCUT2D eigenvalue weighted by Crippen LogP contribution is -2.40. The van der Waals surface area contributed by atoms with Crippen LogP contribution in [0.1, 0.15) is 13.8 Å². The maximum atomic E-state index is 11.8. The second-order valence-electron chi connectivity index (χ2n) is 4.53. The molecule has 0 saturated carbocycles. The quantitative estimate of drug-likeness (QED) is 0.854. The number of nitrogens with two attached hydrogens (primary N) is 1. The van der Waals surface area contributed by atoms with E-state index in [2.05, 4.69) is 5.32 Å². The molecule has 0 bridgehead atoms. The molecule has 1 atom stereocenters. The number of carbonyl (C=O) groups is 1. The summed E-state index contributed by atoms with van der Waals surface area (Å²) in [5.74, 6) is -0.406. The van der Waals surface area contributed by atoms with Crippen LogP contribution in [0.15, 0.2) is 29.2 Å². The van der Waals surface area contributed by atoms with E-state index in [9.17, 15) is 13.2 Å². The molecule has 1 rings (SSSR count). The van der Waals surface area contributed by atoms with Gasteiger partial charge in [-0.15, -0.1) is 0 Å². The fourth-order valence-corrected chi connectivity index (χ4v) is 2.26. The minimum Gasteiger partial charge on any atom is -0.324 e. The molecule has 0 unspecified atom stereocenters. The van der Waals surface area contributed by atoms with Crippen molar-refractivity contribution in [1.82, 2.24) is 0 Å². The third-order valence-electron chi connectivity index (χ3n) is 2.57. The molecular weight excluding hydrogens is 252 g/mol. The molecule has 0 spiro atoms. The molecule has 6 heteroatoms. The Morgan fingerprint density at radius 2 is 1.83 bits per heavy atom. The molecule has 0 radical (unpaired) electrons. The monoisotopic (exact) mass is 270 g/mol. The Kier molecular flexibility index (Phi) is 4.48. The third kappa shape index (κ3) is 3.54. The van der Waals surface area contributed by atoms with Crippen molar-refractivity contribution in [1.29, 1.82) is 0 Å². The summed E-state index contributed by atoms with van der Waals surface area (Å²) in [7, 11) is -3.38. The normalized spacial score (nSPS) is 13.4. The molecule has 0 aliphatic heterocycles. The number of hydrogen-bond acceptors (Lipinski definition) is 4. The molecular formula is C12H18N2O3S. The SMILES string of the molecule is CC(C)[C@@H](N)C(=O)Nc1ccccc1S(C)(=O)=O. The van der Waals surface area contributed by atoms with Crippen molar-refractivity contribution in [3.63, 3.8) is 0 Å². The van der Waals surface area contributed by atoms with Crippen LogP contribution < -0.4 is 11.1 Å². The van der Waals surface area contributed by atoms with Crippen molar-refractivity contribution in [2.45, 2.75) is 24.8 Å². The molecule has 0 heterocycles. The Bertz CT molecular complexity index is 538. The largest absolute Gasteiger partial charge is 0.324 e. The number of sulfone groups is 1. The summed E-state index contributed by atoms with van der Waals surface area (Å²) in [5.41, 5.74) is 5.97. The van der Waals surface area contributed by atoms with E-state index in [0.717, 1.165) is 6.26 Å². The van der Waals surface area contributed by atoms with E-state index in [1.165, 1.54) is 6.07 Å². The fraction of sp³-hybridized carbons (Fsp3) is 0.417. The van der Waals surface area contributed by atoms with Crippen LogP contribution in [0.25, 0.3) is 0 Å². The molecule has 1 aromatic carbocycles. The second-order valence-corrected chi connectivity index (χ2v) is 6.51. The summed E-state index contributed by atoms with van der Waals surface area (Å²) in [5, 5.41) is 2.56. The number of anilines is 1. The van der Waals surface area contributed by atoms with Gasteiger partial charge >= 0.3 is 0 Å². The molecule has 100 valence electrons. The third-order valence-corrected chi connectivity index (χ3v) is 3.72. The summed E-state index contributed by atoms with van der Waals surface area (Å²) in [6.07, 6.45) is 1.10. The van der Waals surface area contributed by atoms with Crippen LogP contribution in [0.3, 0.4) is 0 Å². The predicted octanol–water partition coefficient (Wildman–Crippen LogP) is 1.01. The highest BCUT2D eigenvalue weighted by atomic mass is 32.2. The number of hydrogen-bond donors (Lipinski definition) is 2. The minimum absolute atomic E-state index is 0.0182. The molecule has 1 amide bonds. The Hall–Kier alpha value is -1.40. The average molecular weight is 270 g/mol. The first-order valence-corrected chi connectivity index (χ1v) is 7.48. The van der Waals surface area contributed by atoms with Gasteiger partial charge in [-0.25, -0.2) is 8.42 Å². The Morgan fingerprint density at radius 1 is 1.28 bits per heavy atom. The molecule has 0 aliphatic carbocycles. The van der Waals surface area contributed by atoms with E-state index in [0.29, 0.717) is 0 Å². The first-order chi connectivity index (χ1) is 8.23. The Morgan fingerprint density at radius 3 is 2.33 bits per heavy atom. The van der Waals surface area contributed by atoms with Gasteiger partial charge in [0.25, 0.3) is 0 Å². The summed E-state index contributed by atoms with van der Waals surface area (Å²) < 4.78 is 23.1. The molecule has 0 aliphatic rings. The highest BCUT2D eigenvalue weighted by molar-refractivity contribution is 7.90. The molecule has 0 aromatic heterocycles. The number of nitrogens with one attached hydrogen (secondary N) is 1. The van der Waals surface area contributed by atoms with Crippen LogP contribution >= 0.6 is 0 Å². The lowest BCUT2D eigenvalue weighted by molar-refractivity contribution is -0.118. The van der Waals surface area contributed by atoms with Crippen molar-refractivity contribution in [2.75, 3.05) is 11.6 Å². The van der Waals surface area contributed by atoms with Gasteiger partial charge in [-0.2, -0.15) is 0 Å². The zero-order chi connectivity index (χ0) is 13.9. The first-order valence-electron chi connectivity index (χ1n) is 5.59. The van der Waals surface area contributed by atoms with E-state index in [-0.39, 0.29) is 22.4 Å². The summed E-state index contributed by atoms with van der Waals surface area (Å²) in [4.78, 5) is 11.9. The van der Waals surface area contributed by atoms with E-state index >= 15 is 0 Å². The van der Waals surface area contributed by atoms with Crippen LogP contribution in [0.2, 0.25) is 0 Å². The van der Waals surface area contributed by atoms with Crippen LogP contribution in [0.5, 0.6) is 0 Å². The first kappa shape index (κ1) is 14.7. The summed E-state index contributed by atoms with van der Waals surface area (Å²) in [6.45, 7) is 3.65. The van der Waals surface area contributed by atoms with Crippen molar-refractivity contribution in [2.24, 2.45) is 11.7 Å². The molecule has 0 fully saturated rings. The standard InChI is InChI=1S/C12H18N2O3S/c1-8(2)11(13)12(15)14-9-6-4-5-7-10(9)18(3,16)17/h4-8,11H,13H2,1-3H3,(H,14,15)/t11-/m1/s1. The van der Waals surface area contributed by atoms with Crippen molar-refractivity contribution < 1.29 is 13.2 Å². The molecule has 18 heavy (non-hydrogen) atoms. The van der Waals surface area contributed by atoms with Gasteiger partial charge in [0.15, 0.2) is 9.84 Å². The average Bonchev–Trinajstić information content (AvgIpc) is 2.27. The smallest absolute Gasteiger partial charge is 0.241 e. The van der Waals surface area contributed by atoms with Gasteiger partial charge in [-0.1, -0.05) is 26.0 Å². The lowest BCUT2D eigenvalue weighted by Gasteiger charge is -2.16. The lowest BCUT2D eigenvalue weighted by atomic mass is 10.1. The van der Waals surface area contributed by atoms with Gasteiger partial charge < -0.3 is 11.1 Å². The van der Waals surface area contributed by atoms with Gasteiger partial charge in [0.1, 0.15) is 0 Å². The molecule has 0 saturated heterocycles. The van der Waals surface area contributed by atoms with Crippen LogP contribution in [0, 0.1) is 5.92 Å². The van der Waals surface area contributed by atoms with Gasteiger partial charge in [-0.3, -0.25) is 4.79 Å². The minimum atomic E-state index is -3.38. The maximum Gasteiger partial charge on any atom is 0.241 e. The van der Waals surface area contributed by atoms with Crippen LogP contribution in [-0.4, -0.2) is 26.6 Å². The molecule has 5 nitrogen and oxygen atoms in total. The number of rotatable bonds is 4. The van der Waals surface area contributed by atoms with Gasteiger partial charge in [-0.05, 0) is 18.1 Å². The summed E-state index contributed by atoms with van der Waals surface area (Å²) >= 11 is 0. The number of para-hydroxylation sites is 1. The number of carbonyl (C=O) groups excluding carboxylic acids is 1. The zero-order valence-electron chi connectivity index (χ0n) is 10.7. The highest BCUT2D eigenvalue weighted by Crippen LogP contribution is 2.20.